The number of aliphatic hydroxyl groups is 1. The van der Waals surface area contributed by atoms with Crippen molar-refractivity contribution in [1.82, 2.24) is 10.3 Å². The molecule has 2 rings (SSSR count). The molecule has 0 bridgehead atoms. The van der Waals surface area contributed by atoms with Crippen LogP contribution < -0.4 is 5.32 Å². The molecule has 1 aromatic heterocycles. The van der Waals surface area contributed by atoms with Gasteiger partial charge in [0, 0.05) is 16.4 Å². The van der Waals surface area contributed by atoms with Gasteiger partial charge in [-0.25, -0.2) is 4.98 Å². The van der Waals surface area contributed by atoms with Gasteiger partial charge in [-0.1, -0.05) is 32.9 Å². The molecular formula is C16H20N2O2S. The lowest BCUT2D eigenvalue weighted by molar-refractivity contribution is 0.0950. The molecule has 1 heterocycles. The molecule has 112 valence electrons. The average molecular weight is 304 g/mol. The molecule has 21 heavy (non-hydrogen) atoms. The van der Waals surface area contributed by atoms with Crippen molar-refractivity contribution >= 4 is 17.2 Å². The second-order valence-corrected chi connectivity index (χ2v) is 6.79. The molecule has 0 atom stereocenters. The molecule has 0 saturated heterocycles. The normalized spacial score (nSPS) is 11.4. The molecule has 5 heteroatoms. The molecule has 0 aliphatic rings. The fourth-order valence-electron chi connectivity index (χ4n) is 1.82. The smallest absolute Gasteiger partial charge is 0.251 e. The number of carbonyl (C=O) groups excluding carboxylic acids is 1. The van der Waals surface area contributed by atoms with Crippen molar-refractivity contribution in [2.45, 2.75) is 39.3 Å². The summed E-state index contributed by atoms with van der Waals surface area (Å²) in [6, 6.07) is 6.97. The molecule has 0 saturated carbocycles. The van der Waals surface area contributed by atoms with Gasteiger partial charge in [0.25, 0.3) is 5.91 Å². The van der Waals surface area contributed by atoms with E-state index in [2.05, 4.69) is 31.1 Å². The number of nitrogens with zero attached hydrogens (tertiary/aromatic N) is 1. The average Bonchev–Trinajstić information content (AvgIpc) is 2.94. The van der Waals surface area contributed by atoms with Gasteiger partial charge >= 0.3 is 0 Å². The Morgan fingerprint density at radius 2 is 2.14 bits per heavy atom. The van der Waals surface area contributed by atoms with Crippen LogP contribution in [0.1, 0.15) is 47.4 Å². The van der Waals surface area contributed by atoms with Crippen LogP contribution in [0.4, 0.5) is 0 Å². The quantitative estimate of drug-likeness (QED) is 0.913. The van der Waals surface area contributed by atoms with Crippen molar-refractivity contribution in [3.05, 3.63) is 51.5 Å². The summed E-state index contributed by atoms with van der Waals surface area (Å²) in [5.41, 5.74) is 2.18. The predicted octanol–water partition coefficient (Wildman–Crippen LogP) is 2.86. The van der Waals surface area contributed by atoms with E-state index < -0.39 is 0 Å². The second kappa shape index (κ2) is 6.37. The maximum atomic E-state index is 12.1. The Kier molecular flexibility index (Phi) is 4.75. The number of amides is 1. The van der Waals surface area contributed by atoms with Crippen molar-refractivity contribution in [3.63, 3.8) is 0 Å². The zero-order valence-corrected chi connectivity index (χ0v) is 13.3. The molecule has 1 aromatic carbocycles. The van der Waals surface area contributed by atoms with Gasteiger partial charge in [0.2, 0.25) is 0 Å². The van der Waals surface area contributed by atoms with Gasteiger partial charge in [-0.15, -0.1) is 11.3 Å². The molecular weight excluding hydrogens is 284 g/mol. The van der Waals surface area contributed by atoms with Gasteiger partial charge in [0.1, 0.15) is 0 Å². The van der Waals surface area contributed by atoms with Crippen LogP contribution in [0.5, 0.6) is 0 Å². The third-order valence-electron chi connectivity index (χ3n) is 3.00. The molecule has 2 aromatic rings. The zero-order chi connectivity index (χ0) is 15.5. The standard InChI is InChI=1S/C16H20N2O2S/c1-16(2,3)15-18-13(10-21-15)8-17-14(20)12-6-4-5-11(7-12)9-19/h4-7,10,19H,8-9H2,1-3H3,(H,17,20). The monoisotopic (exact) mass is 304 g/mol. The lowest BCUT2D eigenvalue weighted by Gasteiger charge is -2.13. The molecule has 0 spiro atoms. The minimum atomic E-state index is -0.157. The van der Waals surface area contributed by atoms with Crippen LogP contribution in [0.2, 0.25) is 0 Å². The minimum Gasteiger partial charge on any atom is -0.392 e. The zero-order valence-electron chi connectivity index (χ0n) is 12.5. The van der Waals surface area contributed by atoms with Crippen LogP contribution in [0.25, 0.3) is 0 Å². The molecule has 4 nitrogen and oxygen atoms in total. The van der Waals surface area contributed by atoms with E-state index in [0.717, 1.165) is 16.3 Å². The van der Waals surface area contributed by atoms with E-state index in [1.807, 2.05) is 5.38 Å². The van der Waals surface area contributed by atoms with Crippen molar-refractivity contribution in [3.8, 4) is 0 Å². The SMILES string of the molecule is CC(C)(C)c1nc(CNC(=O)c2cccc(CO)c2)cs1. The van der Waals surface area contributed by atoms with Gasteiger partial charge in [-0.05, 0) is 17.7 Å². The summed E-state index contributed by atoms with van der Waals surface area (Å²) in [6.07, 6.45) is 0. The summed E-state index contributed by atoms with van der Waals surface area (Å²) in [6.45, 7) is 6.70. The first kappa shape index (κ1) is 15.7. The summed E-state index contributed by atoms with van der Waals surface area (Å²) in [7, 11) is 0. The summed E-state index contributed by atoms with van der Waals surface area (Å²) in [5, 5.41) is 15.0. The highest BCUT2D eigenvalue weighted by atomic mass is 32.1. The number of nitrogens with one attached hydrogen (secondary N) is 1. The van der Waals surface area contributed by atoms with Gasteiger partial charge in [-0.2, -0.15) is 0 Å². The van der Waals surface area contributed by atoms with E-state index >= 15 is 0 Å². The lowest BCUT2D eigenvalue weighted by atomic mass is 9.98. The van der Waals surface area contributed by atoms with Gasteiger partial charge in [-0.3, -0.25) is 4.79 Å². The first-order valence-corrected chi connectivity index (χ1v) is 7.71. The number of aliphatic hydroxyl groups excluding tert-OH is 1. The Hall–Kier alpha value is -1.72. The molecule has 1 amide bonds. The van der Waals surface area contributed by atoms with Crippen LogP contribution in [0.15, 0.2) is 29.6 Å². The molecule has 0 aliphatic carbocycles. The number of aromatic nitrogens is 1. The van der Waals surface area contributed by atoms with E-state index in [0.29, 0.717) is 12.1 Å². The summed E-state index contributed by atoms with van der Waals surface area (Å²) >= 11 is 1.61. The highest BCUT2D eigenvalue weighted by Crippen LogP contribution is 2.25. The van der Waals surface area contributed by atoms with Crippen LogP contribution in [-0.2, 0) is 18.6 Å². The summed E-state index contributed by atoms with van der Waals surface area (Å²) in [4.78, 5) is 16.6. The lowest BCUT2D eigenvalue weighted by Crippen LogP contribution is -2.23. The highest BCUT2D eigenvalue weighted by molar-refractivity contribution is 7.09. The van der Waals surface area contributed by atoms with Gasteiger partial charge in [0.15, 0.2) is 0 Å². The van der Waals surface area contributed by atoms with Crippen LogP contribution in [-0.4, -0.2) is 16.0 Å². The Bertz CT molecular complexity index is 629. The van der Waals surface area contributed by atoms with E-state index in [1.165, 1.54) is 0 Å². The van der Waals surface area contributed by atoms with Crippen LogP contribution in [0, 0.1) is 0 Å². The third-order valence-corrected chi connectivity index (χ3v) is 4.31. The van der Waals surface area contributed by atoms with Gasteiger partial charge < -0.3 is 10.4 Å². The molecule has 0 aliphatic heterocycles. The van der Waals surface area contributed by atoms with E-state index in [4.69, 9.17) is 5.11 Å². The van der Waals surface area contributed by atoms with E-state index in [1.54, 1.807) is 35.6 Å². The Morgan fingerprint density at radius 1 is 1.38 bits per heavy atom. The second-order valence-electron chi connectivity index (χ2n) is 5.94. The summed E-state index contributed by atoms with van der Waals surface area (Å²) in [5.74, 6) is -0.157. The fourth-order valence-corrected chi connectivity index (χ4v) is 2.72. The maximum Gasteiger partial charge on any atom is 0.251 e. The summed E-state index contributed by atoms with van der Waals surface area (Å²) < 4.78 is 0. The molecule has 0 radical (unpaired) electrons. The molecule has 0 unspecified atom stereocenters. The van der Waals surface area contributed by atoms with E-state index in [9.17, 15) is 4.79 Å². The Balaban J connectivity index is 1.99. The number of hydrogen-bond donors (Lipinski definition) is 2. The van der Waals surface area contributed by atoms with Crippen LogP contribution >= 0.6 is 11.3 Å². The molecule has 2 N–H and O–H groups in total. The number of benzene rings is 1. The predicted molar refractivity (Wildman–Crippen MR) is 84.3 cm³/mol. The topological polar surface area (TPSA) is 62.2 Å². The number of rotatable bonds is 4. The Labute approximate surface area is 128 Å². The number of hydrogen-bond acceptors (Lipinski definition) is 4. The van der Waals surface area contributed by atoms with E-state index in [-0.39, 0.29) is 17.9 Å². The van der Waals surface area contributed by atoms with Crippen molar-refractivity contribution in [1.29, 1.82) is 0 Å². The van der Waals surface area contributed by atoms with Crippen LogP contribution in [0.3, 0.4) is 0 Å². The first-order chi connectivity index (χ1) is 9.90. The first-order valence-electron chi connectivity index (χ1n) is 6.83. The van der Waals surface area contributed by atoms with Gasteiger partial charge in [0.05, 0.1) is 23.9 Å². The Morgan fingerprint density at radius 3 is 2.76 bits per heavy atom. The number of carbonyl (C=O) groups is 1. The fraction of sp³-hybridized carbons (Fsp3) is 0.375. The minimum absolute atomic E-state index is 0.0301. The van der Waals surface area contributed by atoms with Crippen molar-refractivity contribution in [2.24, 2.45) is 0 Å². The van der Waals surface area contributed by atoms with Crippen molar-refractivity contribution in [2.75, 3.05) is 0 Å². The largest absolute Gasteiger partial charge is 0.392 e. The third kappa shape index (κ3) is 4.12. The highest BCUT2D eigenvalue weighted by Gasteiger charge is 2.18. The molecule has 0 fully saturated rings. The maximum absolute atomic E-state index is 12.1. The number of thiazole rings is 1. The van der Waals surface area contributed by atoms with Crippen molar-refractivity contribution < 1.29 is 9.90 Å².